The highest BCUT2D eigenvalue weighted by molar-refractivity contribution is 5.43. The van der Waals surface area contributed by atoms with E-state index in [-0.39, 0.29) is 0 Å². The van der Waals surface area contributed by atoms with Gasteiger partial charge in [-0.15, -0.1) is 11.8 Å². The van der Waals surface area contributed by atoms with Crippen molar-refractivity contribution in [3.05, 3.63) is 28.8 Å². The van der Waals surface area contributed by atoms with Gasteiger partial charge in [0.05, 0.1) is 6.61 Å². The zero-order valence-corrected chi connectivity index (χ0v) is 12.1. The standard InChI is InChI=1S/C17H24O/c1-5-7-8-9-10-11-16-12-13-17(18-6-2)15(4)14(16)3/h12-13H,5-7,10-11H2,1-4H3. The average Bonchev–Trinajstić information content (AvgIpc) is 2.37. The van der Waals surface area contributed by atoms with Gasteiger partial charge in [-0.25, -0.2) is 0 Å². The van der Waals surface area contributed by atoms with Gasteiger partial charge in [-0.2, -0.15) is 0 Å². The highest BCUT2D eigenvalue weighted by Crippen LogP contribution is 2.24. The molecule has 1 aromatic rings. The minimum atomic E-state index is 0.724. The van der Waals surface area contributed by atoms with Crippen LogP contribution in [0.25, 0.3) is 0 Å². The molecule has 1 rings (SSSR count). The molecule has 0 aliphatic carbocycles. The summed E-state index contributed by atoms with van der Waals surface area (Å²) in [6.45, 7) is 9.21. The van der Waals surface area contributed by atoms with Crippen molar-refractivity contribution in [2.45, 2.75) is 53.4 Å². The summed E-state index contributed by atoms with van der Waals surface area (Å²) >= 11 is 0. The largest absolute Gasteiger partial charge is 0.494 e. The van der Waals surface area contributed by atoms with Crippen LogP contribution in [-0.2, 0) is 6.42 Å². The summed E-state index contributed by atoms with van der Waals surface area (Å²) < 4.78 is 5.60. The van der Waals surface area contributed by atoms with E-state index in [0.717, 1.165) is 38.0 Å². The molecule has 0 saturated carbocycles. The summed E-state index contributed by atoms with van der Waals surface area (Å²) in [6, 6.07) is 4.26. The van der Waals surface area contributed by atoms with Crippen molar-refractivity contribution >= 4 is 0 Å². The van der Waals surface area contributed by atoms with Gasteiger partial charge < -0.3 is 4.74 Å². The number of hydrogen-bond acceptors (Lipinski definition) is 1. The van der Waals surface area contributed by atoms with E-state index in [1.807, 2.05) is 6.92 Å². The Labute approximate surface area is 112 Å². The van der Waals surface area contributed by atoms with Crippen molar-refractivity contribution in [3.8, 4) is 17.6 Å². The Bertz CT molecular complexity index is 435. The third-order valence-corrected chi connectivity index (χ3v) is 3.17. The smallest absolute Gasteiger partial charge is 0.122 e. The zero-order chi connectivity index (χ0) is 13.4. The van der Waals surface area contributed by atoms with Crippen molar-refractivity contribution in [2.24, 2.45) is 0 Å². The van der Waals surface area contributed by atoms with Crippen LogP contribution in [0.15, 0.2) is 12.1 Å². The summed E-state index contributed by atoms with van der Waals surface area (Å²) in [5.74, 6) is 7.45. The van der Waals surface area contributed by atoms with E-state index in [1.165, 1.54) is 16.7 Å². The van der Waals surface area contributed by atoms with Gasteiger partial charge in [0.15, 0.2) is 0 Å². The van der Waals surface area contributed by atoms with Crippen LogP contribution in [-0.4, -0.2) is 6.61 Å². The van der Waals surface area contributed by atoms with E-state index in [9.17, 15) is 0 Å². The molecule has 0 fully saturated rings. The van der Waals surface area contributed by atoms with Crippen LogP contribution in [0.1, 0.15) is 49.8 Å². The van der Waals surface area contributed by atoms with Gasteiger partial charge in [0.2, 0.25) is 0 Å². The third-order valence-electron chi connectivity index (χ3n) is 3.17. The maximum Gasteiger partial charge on any atom is 0.122 e. The molecule has 0 aromatic heterocycles. The van der Waals surface area contributed by atoms with Crippen LogP contribution in [0.3, 0.4) is 0 Å². The second-order valence-electron chi connectivity index (χ2n) is 4.51. The molecule has 0 bridgehead atoms. The van der Waals surface area contributed by atoms with Gasteiger partial charge in [0, 0.05) is 12.8 Å². The Hall–Kier alpha value is -1.42. The van der Waals surface area contributed by atoms with Crippen LogP contribution in [0, 0.1) is 25.7 Å². The molecule has 0 unspecified atom stereocenters. The highest BCUT2D eigenvalue weighted by atomic mass is 16.5. The van der Waals surface area contributed by atoms with Crippen molar-refractivity contribution in [3.63, 3.8) is 0 Å². The highest BCUT2D eigenvalue weighted by Gasteiger charge is 2.06. The van der Waals surface area contributed by atoms with Gasteiger partial charge in [-0.05, 0) is 56.4 Å². The van der Waals surface area contributed by atoms with E-state index < -0.39 is 0 Å². The SMILES string of the molecule is CCCC#CCCc1ccc(OCC)c(C)c1C. The Morgan fingerprint density at radius 1 is 1.00 bits per heavy atom. The van der Waals surface area contributed by atoms with Gasteiger partial charge >= 0.3 is 0 Å². The molecule has 0 N–H and O–H groups in total. The lowest BCUT2D eigenvalue weighted by molar-refractivity contribution is 0.337. The quantitative estimate of drug-likeness (QED) is 0.696. The molecular weight excluding hydrogens is 220 g/mol. The number of unbranched alkanes of at least 4 members (excludes halogenated alkanes) is 1. The second-order valence-corrected chi connectivity index (χ2v) is 4.51. The fourth-order valence-electron chi connectivity index (χ4n) is 1.93. The molecule has 0 aliphatic rings. The minimum Gasteiger partial charge on any atom is -0.494 e. The van der Waals surface area contributed by atoms with Crippen molar-refractivity contribution < 1.29 is 4.74 Å². The molecule has 0 saturated heterocycles. The lowest BCUT2D eigenvalue weighted by atomic mass is 9.99. The molecule has 98 valence electrons. The average molecular weight is 244 g/mol. The lowest BCUT2D eigenvalue weighted by Gasteiger charge is -2.12. The predicted molar refractivity (Wildman–Crippen MR) is 78.1 cm³/mol. The van der Waals surface area contributed by atoms with E-state index in [0.29, 0.717) is 0 Å². The first-order chi connectivity index (χ1) is 8.70. The van der Waals surface area contributed by atoms with Crippen molar-refractivity contribution in [1.82, 2.24) is 0 Å². The Morgan fingerprint density at radius 3 is 2.39 bits per heavy atom. The summed E-state index contributed by atoms with van der Waals surface area (Å²) in [4.78, 5) is 0. The van der Waals surface area contributed by atoms with Crippen LogP contribution in [0.2, 0.25) is 0 Å². The minimum absolute atomic E-state index is 0.724. The van der Waals surface area contributed by atoms with Gasteiger partial charge in [-0.3, -0.25) is 0 Å². The molecular formula is C17H24O. The number of ether oxygens (including phenoxy) is 1. The molecule has 1 aromatic carbocycles. The number of rotatable bonds is 5. The summed E-state index contributed by atoms with van der Waals surface area (Å²) in [6.07, 6.45) is 4.15. The molecule has 0 spiro atoms. The first-order valence-electron chi connectivity index (χ1n) is 6.88. The first kappa shape index (κ1) is 14.6. The van der Waals surface area contributed by atoms with E-state index >= 15 is 0 Å². The maximum atomic E-state index is 5.60. The monoisotopic (exact) mass is 244 g/mol. The van der Waals surface area contributed by atoms with Crippen LogP contribution in [0.4, 0.5) is 0 Å². The van der Waals surface area contributed by atoms with Crippen LogP contribution >= 0.6 is 0 Å². The lowest BCUT2D eigenvalue weighted by Crippen LogP contribution is -1.98. The van der Waals surface area contributed by atoms with Crippen molar-refractivity contribution in [2.75, 3.05) is 6.61 Å². The first-order valence-corrected chi connectivity index (χ1v) is 6.88. The maximum absolute atomic E-state index is 5.60. The fourth-order valence-corrected chi connectivity index (χ4v) is 1.93. The van der Waals surface area contributed by atoms with Gasteiger partial charge in [0.25, 0.3) is 0 Å². The molecule has 0 amide bonds. The van der Waals surface area contributed by atoms with E-state index in [1.54, 1.807) is 0 Å². The molecule has 0 aliphatic heterocycles. The topological polar surface area (TPSA) is 9.23 Å². The Morgan fingerprint density at radius 2 is 1.72 bits per heavy atom. The Balaban J connectivity index is 2.68. The van der Waals surface area contributed by atoms with Crippen LogP contribution < -0.4 is 4.74 Å². The summed E-state index contributed by atoms with van der Waals surface area (Å²) in [7, 11) is 0. The summed E-state index contributed by atoms with van der Waals surface area (Å²) in [5, 5.41) is 0. The molecule has 0 heterocycles. The summed E-state index contributed by atoms with van der Waals surface area (Å²) in [5.41, 5.74) is 4.00. The number of aryl methyl sites for hydroxylation is 1. The predicted octanol–water partition coefficient (Wildman–Crippen LogP) is 4.44. The fraction of sp³-hybridized carbons (Fsp3) is 0.529. The van der Waals surface area contributed by atoms with Gasteiger partial charge in [-0.1, -0.05) is 13.0 Å². The van der Waals surface area contributed by atoms with Crippen LogP contribution in [0.5, 0.6) is 5.75 Å². The normalized spacial score (nSPS) is 9.78. The Kier molecular flexibility index (Phi) is 6.36. The van der Waals surface area contributed by atoms with E-state index in [4.69, 9.17) is 4.74 Å². The molecule has 1 heteroatoms. The van der Waals surface area contributed by atoms with Crippen molar-refractivity contribution in [1.29, 1.82) is 0 Å². The van der Waals surface area contributed by atoms with E-state index in [2.05, 4.69) is 44.7 Å². The van der Waals surface area contributed by atoms with Gasteiger partial charge in [0.1, 0.15) is 5.75 Å². The zero-order valence-electron chi connectivity index (χ0n) is 12.1. The number of hydrogen-bond donors (Lipinski definition) is 0. The molecule has 0 atom stereocenters. The number of benzene rings is 1. The molecule has 18 heavy (non-hydrogen) atoms. The molecule has 0 radical (unpaired) electrons. The second kappa shape index (κ2) is 7.82. The third kappa shape index (κ3) is 4.11. The molecule has 1 nitrogen and oxygen atoms in total.